The maximum Gasteiger partial charge on any atom is 0.293 e. The van der Waals surface area contributed by atoms with E-state index in [4.69, 9.17) is 21.0 Å². The summed E-state index contributed by atoms with van der Waals surface area (Å²) in [5.74, 6) is 0. The number of unbranched alkanes of at least 4 members (excludes halogenated alkanes) is 2. The first kappa shape index (κ1) is 15.3. The van der Waals surface area contributed by atoms with E-state index in [0.717, 1.165) is 0 Å². The van der Waals surface area contributed by atoms with E-state index in [1.165, 1.54) is 38.3 Å². The Kier molecular flexibility index (Phi) is 12.6. The van der Waals surface area contributed by atoms with Crippen LogP contribution in [0.5, 0.6) is 0 Å². The Morgan fingerprint density at radius 3 is 2.07 bits per heavy atom. The highest BCUT2D eigenvalue weighted by Crippen LogP contribution is 2.10. The molecule has 0 radical (unpaired) electrons. The summed E-state index contributed by atoms with van der Waals surface area (Å²) in [6, 6.07) is 0.262. The molecule has 0 heterocycles. The quantitative estimate of drug-likeness (QED) is 0.307. The molecule has 0 aromatic heterocycles. The molecule has 0 bridgehead atoms. The van der Waals surface area contributed by atoms with Gasteiger partial charge in [-0.15, -0.1) is 0 Å². The van der Waals surface area contributed by atoms with E-state index in [0.29, 0.717) is 20.1 Å². The summed E-state index contributed by atoms with van der Waals surface area (Å²) in [4.78, 5) is 0. The summed E-state index contributed by atoms with van der Waals surface area (Å²) in [6.45, 7) is 6.13. The van der Waals surface area contributed by atoms with Crippen LogP contribution in [0.25, 0.3) is 0 Å². The van der Waals surface area contributed by atoms with Crippen molar-refractivity contribution in [3.8, 4) is 0 Å². The Morgan fingerprint density at radius 1 is 1.00 bits per heavy atom. The lowest BCUT2D eigenvalue weighted by molar-refractivity contribution is 0.131. The van der Waals surface area contributed by atoms with Crippen LogP contribution in [0.2, 0.25) is 12.6 Å². The molecule has 15 heavy (non-hydrogen) atoms. The monoisotopic (exact) mass is 234 g/mol. The predicted octanol–water partition coefficient (Wildman–Crippen LogP) is 3.81. The third-order valence-corrected chi connectivity index (χ3v) is 2.57. The van der Waals surface area contributed by atoms with Gasteiger partial charge in [-0.25, -0.2) is 0 Å². The van der Waals surface area contributed by atoms with Gasteiger partial charge in [0.25, 0.3) is 6.92 Å². The summed E-state index contributed by atoms with van der Waals surface area (Å²) in [6.07, 6.45) is 7.35. The Morgan fingerprint density at radius 2 is 1.60 bits per heavy atom. The first-order valence-corrected chi connectivity index (χ1v) is 6.63. The van der Waals surface area contributed by atoms with Crippen LogP contribution in [0.15, 0.2) is 0 Å². The highest BCUT2D eigenvalue weighted by Gasteiger charge is 2.13. The first-order valence-electron chi connectivity index (χ1n) is 6.10. The zero-order chi connectivity index (χ0) is 11.4. The number of alkyl halides is 1. The Balaban J connectivity index is 3.49. The molecule has 0 unspecified atom stereocenters. The summed E-state index contributed by atoms with van der Waals surface area (Å²) in [5.41, 5.74) is 0. The van der Waals surface area contributed by atoms with Crippen LogP contribution in [0.1, 0.15) is 39.5 Å². The number of rotatable bonds is 11. The molecule has 0 aliphatic rings. The molecule has 0 fully saturated rings. The summed E-state index contributed by atoms with van der Waals surface area (Å²) >= 11 is 5.41. The van der Waals surface area contributed by atoms with Gasteiger partial charge in [-0.3, -0.25) is 0 Å². The van der Waals surface area contributed by atoms with Gasteiger partial charge in [-0.1, -0.05) is 51.1 Å². The Hall–Kier alpha value is 0.275. The largest absolute Gasteiger partial charge is 0.434 e. The van der Waals surface area contributed by atoms with Crippen LogP contribution in [0.4, 0.5) is 0 Å². The van der Waals surface area contributed by atoms with Gasteiger partial charge in [0, 0.05) is 0 Å². The standard InChI is InChI=1S/C11H24BClO2/c1-3-5-7-12(8-6-4-2)15-10-9-14-11-13/h3-11H2,1-2H3. The molecule has 0 saturated carbocycles. The van der Waals surface area contributed by atoms with E-state index in [1.54, 1.807) is 0 Å². The molecule has 0 aliphatic carbocycles. The average Bonchev–Trinajstić information content (AvgIpc) is 2.27. The third kappa shape index (κ3) is 10.6. The van der Waals surface area contributed by atoms with Gasteiger partial charge in [0.1, 0.15) is 6.07 Å². The van der Waals surface area contributed by atoms with Crippen molar-refractivity contribution in [1.82, 2.24) is 0 Å². The van der Waals surface area contributed by atoms with Gasteiger partial charge in [-0.05, 0) is 12.6 Å². The van der Waals surface area contributed by atoms with E-state index in [9.17, 15) is 0 Å². The van der Waals surface area contributed by atoms with E-state index < -0.39 is 0 Å². The molecular formula is C11H24BClO2. The van der Waals surface area contributed by atoms with E-state index >= 15 is 0 Å². The van der Waals surface area contributed by atoms with Gasteiger partial charge in [0.15, 0.2) is 0 Å². The summed E-state index contributed by atoms with van der Waals surface area (Å²) < 4.78 is 10.8. The van der Waals surface area contributed by atoms with Crippen molar-refractivity contribution in [2.75, 3.05) is 19.3 Å². The molecule has 0 atom stereocenters. The molecule has 0 N–H and O–H groups in total. The predicted molar refractivity (Wildman–Crippen MR) is 67.8 cm³/mol. The lowest BCUT2D eigenvalue weighted by Gasteiger charge is -2.13. The minimum absolute atomic E-state index is 0.262. The minimum atomic E-state index is 0.262. The number of hydrogen-bond donors (Lipinski definition) is 0. The summed E-state index contributed by atoms with van der Waals surface area (Å²) in [7, 11) is 0. The maximum atomic E-state index is 5.76. The highest BCUT2D eigenvalue weighted by molar-refractivity contribution is 6.51. The van der Waals surface area contributed by atoms with Gasteiger partial charge >= 0.3 is 0 Å². The molecule has 0 spiro atoms. The third-order valence-electron chi connectivity index (χ3n) is 2.42. The average molecular weight is 235 g/mol. The molecule has 0 aliphatic heterocycles. The number of halogens is 1. The number of hydrogen-bond acceptors (Lipinski definition) is 2. The normalized spacial score (nSPS) is 10.6. The molecule has 4 heteroatoms. The molecule has 0 amide bonds. The smallest absolute Gasteiger partial charge is 0.293 e. The molecule has 2 nitrogen and oxygen atoms in total. The molecule has 0 aromatic rings. The van der Waals surface area contributed by atoms with Gasteiger partial charge in [-0.2, -0.15) is 0 Å². The van der Waals surface area contributed by atoms with Crippen molar-refractivity contribution in [3.05, 3.63) is 0 Å². The van der Waals surface area contributed by atoms with Crippen molar-refractivity contribution in [3.63, 3.8) is 0 Å². The SMILES string of the molecule is CCCCB(CCCC)OCCOCCl. The van der Waals surface area contributed by atoms with Crippen molar-refractivity contribution in [1.29, 1.82) is 0 Å². The van der Waals surface area contributed by atoms with Crippen molar-refractivity contribution >= 4 is 18.5 Å². The second-order valence-electron chi connectivity index (χ2n) is 3.79. The Bertz CT molecular complexity index is 117. The fraction of sp³-hybridized carbons (Fsp3) is 1.00. The second-order valence-corrected chi connectivity index (χ2v) is 4.01. The van der Waals surface area contributed by atoms with E-state index in [2.05, 4.69) is 13.8 Å². The highest BCUT2D eigenvalue weighted by atomic mass is 35.5. The molecule has 0 rings (SSSR count). The zero-order valence-electron chi connectivity index (χ0n) is 10.1. The van der Waals surface area contributed by atoms with Crippen molar-refractivity contribution in [2.45, 2.75) is 52.2 Å². The number of ether oxygens (including phenoxy) is 1. The van der Waals surface area contributed by atoms with Crippen LogP contribution in [0.3, 0.4) is 0 Å². The molecule has 90 valence electrons. The lowest BCUT2D eigenvalue weighted by atomic mass is 9.59. The van der Waals surface area contributed by atoms with Gasteiger partial charge in [0.2, 0.25) is 0 Å². The lowest BCUT2D eigenvalue weighted by Crippen LogP contribution is -2.20. The van der Waals surface area contributed by atoms with Gasteiger partial charge in [0.05, 0.1) is 13.2 Å². The van der Waals surface area contributed by atoms with Crippen LogP contribution in [-0.2, 0) is 9.39 Å². The first-order chi connectivity index (χ1) is 7.35. The minimum Gasteiger partial charge on any atom is -0.434 e. The van der Waals surface area contributed by atoms with Crippen LogP contribution >= 0.6 is 11.6 Å². The second kappa shape index (κ2) is 12.3. The summed E-state index contributed by atoms with van der Waals surface area (Å²) in [5, 5.41) is 0. The molecule has 0 saturated heterocycles. The van der Waals surface area contributed by atoms with Crippen LogP contribution in [-0.4, -0.2) is 26.2 Å². The molecule has 0 aromatic carbocycles. The van der Waals surface area contributed by atoms with Gasteiger partial charge < -0.3 is 9.39 Å². The fourth-order valence-electron chi connectivity index (χ4n) is 1.50. The van der Waals surface area contributed by atoms with Crippen molar-refractivity contribution < 1.29 is 9.39 Å². The zero-order valence-corrected chi connectivity index (χ0v) is 10.9. The topological polar surface area (TPSA) is 18.5 Å². The molecular weight excluding hydrogens is 210 g/mol. The van der Waals surface area contributed by atoms with E-state index in [-0.39, 0.29) is 6.07 Å². The van der Waals surface area contributed by atoms with Crippen LogP contribution < -0.4 is 0 Å². The van der Waals surface area contributed by atoms with E-state index in [1.807, 2.05) is 0 Å². The maximum absolute atomic E-state index is 5.76. The van der Waals surface area contributed by atoms with Crippen molar-refractivity contribution in [2.24, 2.45) is 0 Å². The Labute approximate surface area is 99.8 Å². The fourth-order valence-corrected chi connectivity index (χ4v) is 1.61. The van der Waals surface area contributed by atoms with Crippen LogP contribution in [0, 0.1) is 0 Å².